The van der Waals surface area contributed by atoms with Crippen LogP contribution in [0.4, 0.5) is 0 Å². The maximum absolute atomic E-state index is 12.4. The van der Waals surface area contributed by atoms with Crippen molar-refractivity contribution in [3.8, 4) is 5.69 Å². The summed E-state index contributed by atoms with van der Waals surface area (Å²) in [6.45, 7) is 2.73. The van der Waals surface area contributed by atoms with E-state index in [1.807, 2.05) is 41.9 Å². The lowest BCUT2D eigenvalue weighted by Crippen LogP contribution is -2.30. The smallest absolute Gasteiger partial charge is 0.254 e. The van der Waals surface area contributed by atoms with Gasteiger partial charge in [0.25, 0.3) is 5.91 Å². The summed E-state index contributed by atoms with van der Waals surface area (Å²) in [5.74, 6) is 0.632. The van der Waals surface area contributed by atoms with Gasteiger partial charge in [-0.1, -0.05) is 37.5 Å². The Labute approximate surface area is 131 Å². The molecule has 0 bridgehead atoms. The molecule has 1 amide bonds. The van der Waals surface area contributed by atoms with Crippen LogP contribution in [0.15, 0.2) is 36.5 Å². The number of hydrogen-bond acceptors (Lipinski definition) is 2. The third-order valence-corrected chi connectivity index (χ3v) is 4.53. The van der Waals surface area contributed by atoms with Crippen LogP contribution in [0.5, 0.6) is 0 Å². The first kappa shape index (κ1) is 14.8. The van der Waals surface area contributed by atoms with Crippen molar-refractivity contribution < 1.29 is 4.79 Å². The Hall–Kier alpha value is -2.10. The summed E-state index contributed by atoms with van der Waals surface area (Å²) in [7, 11) is 0. The number of benzene rings is 1. The lowest BCUT2D eigenvalue weighted by Gasteiger charge is -2.21. The zero-order valence-corrected chi connectivity index (χ0v) is 13.1. The SMILES string of the molecule is Cc1c(C(=O)NCC2CCCCC2)cnn1-c1ccccc1. The molecule has 1 heterocycles. The average Bonchev–Trinajstić information content (AvgIpc) is 2.96. The van der Waals surface area contributed by atoms with Gasteiger partial charge in [0.1, 0.15) is 0 Å². The van der Waals surface area contributed by atoms with Crippen molar-refractivity contribution in [2.75, 3.05) is 6.54 Å². The minimum atomic E-state index is -0.00902. The van der Waals surface area contributed by atoms with Gasteiger partial charge in [-0.2, -0.15) is 5.10 Å². The maximum Gasteiger partial charge on any atom is 0.254 e. The highest BCUT2D eigenvalue weighted by atomic mass is 16.1. The third-order valence-electron chi connectivity index (χ3n) is 4.53. The fourth-order valence-electron chi connectivity index (χ4n) is 3.19. The van der Waals surface area contributed by atoms with Crippen molar-refractivity contribution in [2.24, 2.45) is 5.92 Å². The fraction of sp³-hybridized carbons (Fsp3) is 0.444. The van der Waals surface area contributed by atoms with Crippen LogP contribution in [0.25, 0.3) is 5.69 Å². The monoisotopic (exact) mass is 297 g/mol. The second-order valence-electron chi connectivity index (χ2n) is 6.11. The van der Waals surface area contributed by atoms with Gasteiger partial charge in [-0.15, -0.1) is 0 Å². The van der Waals surface area contributed by atoms with Crippen LogP contribution in [-0.2, 0) is 0 Å². The molecule has 0 radical (unpaired) electrons. The second kappa shape index (κ2) is 6.77. The maximum atomic E-state index is 12.4. The molecule has 1 fully saturated rings. The number of amides is 1. The Morgan fingerprint density at radius 2 is 1.95 bits per heavy atom. The van der Waals surface area contributed by atoms with E-state index in [0.29, 0.717) is 11.5 Å². The van der Waals surface area contributed by atoms with E-state index in [1.54, 1.807) is 6.20 Å². The first-order valence-electron chi connectivity index (χ1n) is 8.14. The van der Waals surface area contributed by atoms with Gasteiger partial charge in [0.05, 0.1) is 23.1 Å². The van der Waals surface area contributed by atoms with Gasteiger partial charge >= 0.3 is 0 Å². The first-order valence-corrected chi connectivity index (χ1v) is 8.14. The average molecular weight is 297 g/mol. The van der Waals surface area contributed by atoms with Gasteiger partial charge in [0.2, 0.25) is 0 Å². The third kappa shape index (κ3) is 3.21. The molecule has 0 unspecified atom stereocenters. The van der Waals surface area contributed by atoms with Gasteiger partial charge in [0.15, 0.2) is 0 Å². The summed E-state index contributed by atoms with van der Waals surface area (Å²) < 4.78 is 1.82. The van der Waals surface area contributed by atoms with Crippen LogP contribution >= 0.6 is 0 Å². The van der Waals surface area contributed by atoms with Crippen LogP contribution in [-0.4, -0.2) is 22.2 Å². The number of carbonyl (C=O) groups is 1. The van der Waals surface area contributed by atoms with Crippen LogP contribution in [0.3, 0.4) is 0 Å². The number of aromatic nitrogens is 2. The van der Waals surface area contributed by atoms with Crippen molar-refractivity contribution in [2.45, 2.75) is 39.0 Å². The Kier molecular flexibility index (Phi) is 4.56. The van der Waals surface area contributed by atoms with Gasteiger partial charge < -0.3 is 5.32 Å². The zero-order chi connectivity index (χ0) is 15.4. The van der Waals surface area contributed by atoms with Crippen molar-refractivity contribution in [3.05, 3.63) is 47.8 Å². The van der Waals surface area contributed by atoms with Crippen LogP contribution in [0, 0.1) is 12.8 Å². The van der Waals surface area contributed by atoms with E-state index in [0.717, 1.165) is 17.9 Å². The lowest BCUT2D eigenvalue weighted by atomic mass is 9.89. The summed E-state index contributed by atoms with van der Waals surface area (Å²) in [5, 5.41) is 7.44. The molecule has 1 N–H and O–H groups in total. The van der Waals surface area contributed by atoms with E-state index in [-0.39, 0.29) is 5.91 Å². The molecule has 2 aromatic rings. The molecule has 0 spiro atoms. The molecule has 22 heavy (non-hydrogen) atoms. The molecule has 1 saturated carbocycles. The van der Waals surface area contributed by atoms with Gasteiger partial charge in [0, 0.05) is 6.54 Å². The minimum absolute atomic E-state index is 0.00902. The standard InChI is InChI=1S/C18H23N3O/c1-14-17(13-20-21(14)16-10-6-3-7-11-16)18(22)19-12-15-8-4-2-5-9-15/h3,6-7,10-11,13,15H,2,4-5,8-9,12H2,1H3,(H,19,22). The van der Waals surface area contributed by atoms with E-state index in [2.05, 4.69) is 10.4 Å². The van der Waals surface area contributed by atoms with E-state index in [4.69, 9.17) is 0 Å². The number of rotatable bonds is 4. The summed E-state index contributed by atoms with van der Waals surface area (Å²) in [5.41, 5.74) is 2.53. The summed E-state index contributed by atoms with van der Waals surface area (Å²) in [6.07, 6.45) is 8.08. The number of hydrogen-bond donors (Lipinski definition) is 1. The molecule has 0 aliphatic heterocycles. The van der Waals surface area contributed by atoms with E-state index < -0.39 is 0 Å². The molecule has 116 valence electrons. The quantitative estimate of drug-likeness (QED) is 0.939. The van der Waals surface area contributed by atoms with Crippen molar-refractivity contribution >= 4 is 5.91 Å². The highest BCUT2D eigenvalue weighted by Gasteiger charge is 2.18. The Bertz CT molecular complexity index is 627. The Morgan fingerprint density at radius 1 is 1.23 bits per heavy atom. The molecular formula is C18H23N3O. The minimum Gasteiger partial charge on any atom is -0.352 e. The van der Waals surface area contributed by atoms with Gasteiger partial charge in [-0.05, 0) is 37.8 Å². The number of para-hydroxylation sites is 1. The van der Waals surface area contributed by atoms with Gasteiger partial charge in [-0.25, -0.2) is 4.68 Å². The largest absolute Gasteiger partial charge is 0.352 e. The molecular weight excluding hydrogens is 274 g/mol. The number of nitrogens with one attached hydrogen (secondary N) is 1. The predicted molar refractivity (Wildman–Crippen MR) is 87.2 cm³/mol. The van der Waals surface area contributed by atoms with Crippen molar-refractivity contribution in [1.82, 2.24) is 15.1 Å². The van der Waals surface area contributed by atoms with E-state index in [1.165, 1.54) is 32.1 Å². The number of carbonyl (C=O) groups excluding carboxylic acids is 1. The summed E-state index contributed by atoms with van der Waals surface area (Å²) in [6, 6.07) is 9.89. The van der Waals surface area contributed by atoms with E-state index in [9.17, 15) is 4.79 Å². The molecule has 1 aliphatic carbocycles. The molecule has 0 atom stereocenters. The predicted octanol–water partition coefficient (Wildman–Crippen LogP) is 3.49. The zero-order valence-electron chi connectivity index (χ0n) is 13.1. The van der Waals surface area contributed by atoms with Gasteiger partial charge in [-0.3, -0.25) is 4.79 Å². The topological polar surface area (TPSA) is 46.9 Å². The van der Waals surface area contributed by atoms with E-state index >= 15 is 0 Å². The summed E-state index contributed by atoms with van der Waals surface area (Å²) in [4.78, 5) is 12.4. The van der Waals surface area contributed by atoms with Crippen LogP contribution < -0.4 is 5.32 Å². The van der Waals surface area contributed by atoms with Crippen molar-refractivity contribution in [3.63, 3.8) is 0 Å². The van der Waals surface area contributed by atoms with Crippen molar-refractivity contribution in [1.29, 1.82) is 0 Å². The lowest BCUT2D eigenvalue weighted by molar-refractivity contribution is 0.0943. The highest BCUT2D eigenvalue weighted by Crippen LogP contribution is 2.23. The molecule has 4 heteroatoms. The van der Waals surface area contributed by atoms with Crippen LogP contribution in [0.1, 0.15) is 48.2 Å². The number of nitrogens with zero attached hydrogens (tertiary/aromatic N) is 2. The summed E-state index contributed by atoms with van der Waals surface area (Å²) >= 11 is 0. The normalized spacial score (nSPS) is 15.7. The molecule has 3 rings (SSSR count). The molecule has 0 saturated heterocycles. The molecule has 4 nitrogen and oxygen atoms in total. The Morgan fingerprint density at radius 3 is 2.68 bits per heavy atom. The molecule has 1 aliphatic rings. The fourth-order valence-corrected chi connectivity index (χ4v) is 3.19. The Balaban J connectivity index is 1.67. The van der Waals surface area contributed by atoms with Crippen LogP contribution in [0.2, 0.25) is 0 Å². The second-order valence-corrected chi connectivity index (χ2v) is 6.11. The molecule has 1 aromatic carbocycles. The molecule has 1 aromatic heterocycles. The first-order chi connectivity index (χ1) is 10.8. The highest BCUT2D eigenvalue weighted by molar-refractivity contribution is 5.95.